The number of hydrogen-bond acceptors (Lipinski definition) is 7. The molecular weight excluding hydrogens is 340 g/mol. The topological polar surface area (TPSA) is 77.2 Å². The van der Waals surface area contributed by atoms with Gasteiger partial charge in [-0.1, -0.05) is 0 Å². The molecule has 0 bridgehead atoms. The van der Waals surface area contributed by atoms with Gasteiger partial charge in [-0.15, -0.1) is 5.10 Å². The van der Waals surface area contributed by atoms with E-state index in [0.29, 0.717) is 22.9 Å². The van der Waals surface area contributed by atoms with E-state index in [4.69, 9.17) is 0 Å². The quantitative estimate of drug-likeness (QED) is 0.628. The van der Waals surface area contributed by atoms with Crippen LogP contribution in [0, 0.1) is 12.8 Å². The second kappa shape index (κ2) is 8.26. The number of anilines is 1. The summed E-state index contributed by atoms with van der Waals surface area (Å²) in [5.41, 5.74) is 3.87. The molecule has 27 heavy (non-hydrogen) atoms. The number of hydrogen-bond donors (Lipinski definition) is 1. The van der Waals surface area contributed by atoms with Crippen LogP contribution in [-0.2, 0) is 6.42 Å². The molecule has 2 aromatic rings. The largest absolute Gasteiger partial charge is 0.507 e. The molecule has 1 fully saturated rings. The third-order valence-electron chi connectivity index (χ3n) is 4.99. The number of aromatic nitrogens is 2. The number of aryl methyl sites for hydroxylation is 1. The minimum atomic E-state index is 0.0869. The highest BCUT2D eigenvalue weighted by atomic mass is 16.3. The summed E-state index contributed by atoms with van der Waals surface area (Å²) in [5.74, 6) is 0.712. The molecule has 0 saturated carbocycles. The Bertz CT molecular complexity index is 829. The molecule has 1 atom stereocenters. The molecule has 0 aliphatic carbocycles. The van der Waals surface area contributed by atoms with Gasteiger partial charge in [-0.2, -0.15) is 20.4 Å². The fourth-order valence-corrected chi connectivity index (χ4v) is 3.69. The first kappa shape index (κ1) is 19.0. The molecule has 1 aliphatic heterocycles. The van der Waals surface area contributed by atoms with Crippen molar-refractivity contribution < 1.29 is 5.11 Å². The zero-order valence-electron chi connectivity index (χ0n) is 16.0. The van der Waals surface area contributed by atoms with Crippen molar-refractivity contribution >= 4 is 19.1 Å². The number of nitrogens with zero attached hydrogens (tertiary/aromatic N) is 6. The van der Waals surface area contributed by atoms with Gasteiger partial charge in [0.2, 0.25) is 0 Å². The van der Waals surface area contributed by atoms with Crippen LogP contribution >= 0.6 is 0 Å². The van der Waals surface area contributed by atoms with E-state index in [1.54, 1.807) is 18.2 Å². The molecule has 3 rings (SSSR count). The summed E-state index contributed by atoms with van der Waals surface area (Å²) in [5, 5.41) is 27.9. The maximum absolute atomic E-state index is 10.4. The number of hydrazone groups is 2. The highest BCUT2D eigenvalue weighted by Gasteiger charge is 2.19. The predicted octanol–water partition coefficient (Wildman–Crippen LogP) is 3.08. The number of benzene rings is 1. The van der Waals surface area contributed by atoms with Crippen molar-refractivity contribution in [2.45, 2.75) is 26.2 Å². The highest BCUT2D eigenvalue weighted by Crippen LogP contribution is 2.33. The van der Waals surface area contributed by atoms with Crippen molar-refractivity contribution in [2.75, 3.05) is 25.3 Å². The molecule has 1 aromatic heterocycles. The van der Waals surface area contributed by atoms with Crippen LogP contribution in [0.5, 0.6) is 5.75 Å². The van der Waals surface area contributed by atoms with E-state index < -0.39 is 0 Å². The first-order valence-electron chi connectivity index (χ1n) is 9.10. The van der Waals surface area contributed by atoms with Gasteiger partial charge in [-0.3, -0.25) is 0 Å². The monoisotopic (exact) mass is 366 g/mol. The lowest BCUT2D eigenvalue weighted by molar-refractivity contribution is 0.208. The fourth-order valence-electron chi connectivity index (χ4n) is 3.69. The van der Waals surface area contributed by atoms with E-state index in [1.165, 1.54) is 24.5 Å². The van der Waals surface area contributed by atoms with Gasteiger partial charge in [0, 0.05) is 31.6 Å². The van der Waals surface area contributed by atoms with Gasteiger partial charge in [-0.25, -0.2) is 0 Å². The number of rotatable bonds is 6. The molecule has 1 unspecified atom stereocenters. The molecule has 2 heterocycles. The van der Waals surface area contributed by atoms with E-state index in [-0.39, 0.29) is 5.75 Å². The van der Waals surface area contributed by atoms with Gasteiger partial charge in [0.25, 0.3) is 0 Å². The van der Waals surface area contributed by atoms with Crippen molar-refractivity contribution in [3.63, 3.8) is 0 Å². The maximum Gasteiger partial charge on any atom is 0.127 e. The summed E-state index contributed by atoms with van der Waals surface area (Å²) in [6.45, 7) is 11.1. The SMILES string of the molecule is C=NN(N=C)c1ccc(-c2nnc(CC3CCCN(C)C3)cc2C)c(O)c1. The summed E-state index contributed by atoms with van der Waals surface area (Å²) in [6, 6.07) is 7.20. The summed E-state index contributed by atoms with van der Waals surface area (Å²) in [7, 11) is 2.17. The van der Waals surface area contributed by atoms with E-state index in [0.717, 1.165) is 24.2 Å². The van der Waals surface area contributed by atoms with Crippen molar-refractivity contribution in [1.29, 1.82) is 0 Å². The zero-order chi connectivity index (χ0) is 19.4. The Morgan fingerprint density at radius 3 is 2.67 bits per heavy atom. The average Bonchev–Trinajstić information content (AvgIpc) is 2.64. The van der Waals surface area contributed by atoms with Gasteiger partial charge in [0.15, 0.2) is 0 Å². The molecule has 1 aromatic carbocycles. The van der Waals surface area contributed by atoms with Gasteiger partial charge < -0.3 is 10.0 Å². The van der Waals surface area contributed by atoms with Crippen LogP contribution in [0.25, 0.3) is 11.3 Å². The summed E-state index contributed by atoms with van der Waals surface area (Å²) < 4.78 is 0. The molecule has 0 amide bonds. The van der Waals surface area contributed by atoms with Crippen LogP contribution in [0.4, 0.5) is 5.69 Å². The molecule has 7 nitrogen and oxygen atoms in total. The zero-order valence-corrected chi connectivity index (χ0v) is 16.0. The minimum absolute atomic E-state index is 0.0869. The molecule has 1 N–H and O–H groups in total. The van der Waals surface area contributed by atoms with Gasteiger partial charge in [-0.05, 0) is 69.5 Å². The van der Waals surface area contributed by atoms with Crippen LogP contribution in [-0.4, -0.2) is 53.8 Å². The standard InChI is InChI=1S/C20H26N6O/c1-14-10-16(11-15-6-5-9-25(4)13-15)23-24-20(14)18-8-7-17(12-19(18)27)26(21-2)22-3/h7-8,10,12,15,27H,2-3,5-6,9,11,13H2,1,4H3. The third kappa shape index (κ3) is 4.31. The van der Waals surface area contributed by atoms with Crippen molar-refractivity contribution in [1.82, 2.24) is 15.1 Å². The first-order valence-corrected chi connectivity index (χ1v) is 9.10. The minimum Gasteiger partial charge on any atom is -0.507 e. The van der Waals surface area contributed by atoms with Crippen LogP contribution in [0.1, 0.15) is 24.1 Å². The number of phenols is 1. The van der Waals surface area contributed by atoms with E-state index in [1.807, 2.05) is 6.92 Å². The highest BCUT2D eigenvalue weighted by molar-refractivity contribution is 5.72. The van der Waals surface area contributed by atoms with Crippen LogP contribution < -0.4 is 5.12 Å². The summed E-state index contributed by atoms with van der Waals surface area (Å²) in [4.78, 5) is 2.38. The van der Waals surface area contributed by atoms with Crippen molar-refractivity contribution in [3.8, 4) is 17.0 Å². The first-order chi connectivity index (χ1) is 13.0. The Labute approximate surface area is 160 Å². The molecule has 7 heteroatoms. The van der Waals surface area contributed by atoms with Crippen molar-refractivity contribution in [2.24, 2.45) is 16.1 Å². The molecule has 0 spiro atoms. The van der Waals surface area contributed by atoms with E-state index in [2.05, 4.69) is 51.8 Å². The second-order valence-corrected chi connectivity index (χ2v) is 7.12. The lowest BCUT2D eigenvalue weighted by atomic mass is 9.93. The van der Waals surface area contributed by atoms with Crippen LogP contribution in [0.3, 0.4) is 0 Å². The summed E-state index contributed by atoms with van der Waals surface area (Å²) >= 11 is 0. The lowest BCUT2D eigenvalue weighted by Crippen LogP contribution is -2.33. The van der Waals surface area contributed by atoms with E-state index >= 15 is 0 Å². The molecule has 142 valence electrons. The Balaban J connectivity index is 1.81. The van der Waals surface area contributed by atoms with E-state index in [9.17, 15) is 5.11 Å². The Morgan fingerprint density at radius 2 is 2.04 bits per heavy atom. The number of likely N-dealkylation sites (tertiary alicyclic amines) is 1. The molecule has 1 saturated heterocycles. The average molecular weight is 366 g/mol. The normalized spacial score (nSPS) is 17.5. The number of phenolic OH excluding ortho intramolecular Hbond substituents is 1. The van der Waals surface area contributed by atoms with Crippen LogP contribution in [0.2, 0.25) is 0 Å². The lowest BCUT2D eigenvalue weighted by Gasteiger charge is -2.29. The Kier molecular flexibility index (Phi) is 5.81. The van der Waals surface area contributed by atoms with Crippen LogP contribution in [0.15, 0.2) is 34.5 Å². The Hall–Kier alpha value is -2.80. The summed E-state index contributed by atoms with van der Waals surface area (Å²) in [6.07, 6.45) is 3.41. The van der Waals surface area contributed by atoms with Gasteiger partial charge >= 0.3 is 0 Å². The maximum atomic E-state index is 10.4. The Morgan fingerprint density at radius 1 is 1.26 bits per heavy atom. The second-order valence-electron chi connectivity index (χ2n) is 7.12. The molecular formula is C20H26N6O. The number of aromatic hydroxyl groups is 1. The van der Waals surface area contributed by atoms with Crippen molar-refractivity contribution in [3.05, 3.63) is 35.5 Å². The van der Waals surface area contributed by atoms with Gasteiger partial charge in [0.05, 0.1) is 17.1 Å². The third-order valence-corrected chi connectivity index (χ3v) is 4.99. The smallest absolute Gasteiger partial charge is 0.127 e. The molecule has 0 radical (unpaired) electrons. The van der Waals surface area contributed by atoms with Gasteiger partial charge in [0.1, 0.15) is 5.75 Å². The fraction of sp³-hybridized carbons (Fsp3) is 0.400. The predicted molar refractivity (Wildman–Crippen MR) is 109 cm³/mol. The number of piperidine rings is 1. The molecule has 1 aliphatic rings.